The lowest BCUT2D eigenvalue weighted by Gasteiger charge is -2.35. The molecule has 0 saturated carbocycles. The third-order valence-corrected chi connectivity index (χ3v) is 3.06. The number of alkyl halides is 3. The number of urea groups is 1. The minimum absolute atomic E-state index is 0.0253. The van der Waals surface area contributed by atoms with Gasteiger partial charge in [-0.25, -0.2) is 4.79 Å². The maximum absolute atomic E-state index is 12.3. The molecule has 1 atom stereocenters. The monoisotopic (exact) mass is 282 g/mol. The average molecular weight is 282 g/mol. The molecule has 1 saturated heterocycles. The van der Waals surface area contributed by atoms with Gasteiger partial charge in [0.15, 0.2) is 0 Å². The molecular formula is C11H17F3N2O3. The first-order chi connectivity index (χ1) is 8.74. The highest BCUT2D eigenvalue weighted by atomic mass is 19.4. The van der Waals surface area contributed by atoms with E-state index in [2.05, 4.69) is 0 Å². The number of aliphatic carboxylic acids is 1. The molecule has 8 heteroatoms. The van der Waals surface area contributed by atoms with Gasteiger partial charge < -0.3 is 14.9 Å². The SMILES string of the molecule is CCN(CC(F)(F)F)C(=O)N1CCC[C@H](C(=O)O)C1. The van der Waals surface area contributed by atoms with Gasteiger partial charge in [0, 0.05) is 19.6 Å². The lowest BCUT2D eigenvalue weighted by molar-refractivity contribution is -0.145. The summed E-state index contributed by atoms with van der Waals surface area (Å²) < 4.78 is 37.0. The van der Waals surface area contributed by atoms with Crippen molar-refractivity contribution in [1.29, 1.82) is 0 Å². The van der Waals surface area contributed by atoms with Gasteiger partial charge >= 0.3 is 18.2 Å². The minimum atomic E-state index is -4.45. The second-order valence-corrected chi connectivity index (χ2v) is 4.54. The molecule has 0 aliphatic carbocycles. The Hall–Kier alpha value is -1.47. The van der Waals surface area contributed by atoms with Crippen LogP contribution in [0.4, 0.5) is 18.0 Å². The Kier molecular flexibility index (Phi) is 5.02. The van der Waals surface area contributed by atoms with Crippen LogP contribution in [0.15, 0.2) is 0 Å². The summed E-state index contributed by atoms with van der Waals surface area (Å²) in [5.74, 6) is -1.71. The molecule has 1 aliphatic rings. The van der Waals surface area contributed by atoms with E-state index < -0.39 is 30.6 Å². The first-order valence-electron chi connectivity index (χ1n) is 6.08. The first-order valence-corrected chi connectivity index (χ1v) is 6.08. The van der Waals surface area contributed by atoms with Gasteiger partial charge in [0.05, 0.1) is 5.92 Å². The third kappa shape index (κ3) is 4.60. The van der Waals surface area contributed by atoms with Crippen molar-refractivity contribution in [3.63, 3.8) is 0 Å². The first kappa shape index (κ1) is 15.6. The van der Waals surface area contributed by atoms with Crippen molar-refractivity contribution in [2.75, 3.05) is 26.2 Å². The van der Waals surface area contributed by atoms with Crippen molar-refractivity contribution in [2.45, 2.75) is 25.9 Å². The van der Waals surface area contributed by atoms with Gasteiger partial charge in [-0.05, 0) is 19.8 Å². The smallest absolute Gasteiger partial charge is 0.406 e. The van der Waals surface area contributed by atoms with Gasteiger partial charge in [0.25, 0.3) is 0 Å². The second kappa shape index (κ2) is 6.12. The molecule has 0 aromatic carbocycles. The molecule has 1 aliphatic heterocycles. The number of carboxylic acids is 1. The molecule has 19 heavy (non-hydrogen) atoms. The fraction of sp³-hybridized carbons (Fsp3) is 0.818. The Morgan fingerprint density at radius 2 is 2.05 bits per heavy atom. The Morgan fingerprint density at radius 1 is 1.42 bits per heavy atom. The van der Waals surface area contributed by atoms with Gasteiger partial charge in [0.2, 0.25) is 0 Å². The number of halogens is 3. The highest BCUT2D eigenvalue weighted by Gasteiger charge is 2.36. The van der Waals surface area contributed by atoms with E-state index >= 15 is 0 Å². The van der Waals surface area contributed by atoms with Gasteiger partial charge in [-0.2, -0.15) is 13.2 Å². The van der Waals surface area contributed by atoms with Crippen molar-refractivity contribution >= 4 is 12.0 Å². The molecule has 0 aromatic heterocycles. The molecule has 5 nitrogen and oxygen atoms in total. The van der Waals surface area contributed by atoms with E-state index in [0.29, 0.717) is 24.3 Å². The van der Waals surface area contributed by atoms with Crippen molar-refractivity contribution in [1.82, 2.24) is 9.80 Å². The van der Waals surface area contributed by atoms with Crippen molar-refractivity contribution < 1.29 is 27.9 Å². The maximum Gasteiger partial charge on any atom is 0.406 e. The second-order valence-electron chi connectivity index (χ2n) is 4.54. The predicted molar refractivity (Wildman–Crippen MR) is 60.6 cm³/mol. The van der Waals surface area contributed by atoms with Crippen LogP contribution in [0, 0.1) is 5.92 Å². The van der Waals surface area contributed by atoms with E-state index in [1.54, 1.807) is 0 Å². The summed E-state index contributed by atoms with van der Waals surface area (Å²) in [5, 5.41) is 8.89. The van der Waals surface area contributed by atoms with E-state index in [-0.39, 0.29) is 13.1 Å². The molecule has 0 spiro atoms. The van der Waals surface area contributed by atoms with Crippen LogP contribution in [-0.2, 0) is 4.79 Å². The number of rotatable bonds is 3. The molecule has 0 radical (unpaired) electrons. The van der Waals surface area contributed by atoms with Crippen LogP contribution in [0.2, 0.25) is 0 Å². The van der Waals surface area contributed by atoms with Crippen LogP contribution < -0.4 is 0 Å². The summed E-state index contributed by atoms with van der Waals surface area (Å²) in [6.07, 6.45) is -3.51. The fourth-order valence-corrected chi connectivity index (χ4v) is 2.08. The van der Waals surface area contributed by atoms with E-state index in [1.807, 2.05) is 0 Å². The van der Waals surface area contributed by atoms with E-state index in [0.717, 1.165) is 0 Å². The van der Waals surface area contributed by atoms with Crippen molar-refractivity contribution in [3.8, 4) is 0 Å². The largest absolute Gasteiger partial charge is 0.481 e. The van der Waals surface area contributed by atoms with Crippen molar-refractivity contribution in [3.05, 3.63) is 0 Å². The molecular weight excluding hydrogens is 265 g/mol. The lowest BCUT2D eigenvalue weighted by atomic mass is 9.99. The number of carbonyl (C=O) groups is 2. The molecule has 1 N–H and O–H groups in total. The zero-order valence-electron chi connectivity index (χ0n) is 10.6. The van der Waals surface area contributed by atoms with E-state index in [4.69, 9.17) is 5.11 Å². The number of amides is 2. The van der Waals surface area contributed by atoms with Crippen molar-refractivity contribution in [2.24, 2.45) is 5.92 Å². The van der Waals surface area contributed by atoms with Crippen LogP contribution in [-0.4, -0.2) is 59.3 Å². The summed E-state index contributed by atoms with van der Waals surface area (Å²) in [6.45, 7) is 0.366. The standard InChI is InChI=1S/C11H17F3N2O3/c1-2-15(7-11(12,13)14)10(19)16-5-3-4-8(6-16)9(17)18/h8H,2-7H2,1H3,(H,17,18)/t8-/m0/s1. The van der Waals surface area contributed by atoms with Gasteiger partial charge in [0.1, 0.15) is 6.54 Å². The summed E-state index contributed by atoms with van der Waals surface area (Å²) >= 11 is 0. The quantitative estimate of drug-likeness (QED) is 0.858. The average Bonchev–Trinajstić information content (AvgIpc) is 2.34. The molecule has 0 unspecified atom stereocenters. The van der Waals surface area contributed by atoms with Crippen LogP contribution in [0.25, 0.3) is 0 Å². The van der Waals surface area contributed by atoms with Crippen LogP contribution >= 0.6 is 0 Å². The molecule has 0 bridgehead atoms. The van der Waals surface area contributed by atoms with Gasteiger partial charge in [-0.1, -0.05) is 0 Å². The van der Waals surface area contributed by atoms with Crippen LogP contribution in [0.3, 0.4) is 0 Å². The number of hydrogen-bond donors (Lipinski definition) is 1. The van der Waals surface area contributed by atoms with E-state index in [9.17, 15) is 22.8 Å². The Labute approximate surface area is 109 Å². The summed E-state index contributed by atoms with van der Waals surface area (Å²) in [5.41, 5.74) is 0. The Morgan fingerprint density at radius 3 is 2.53 bits per heavy atom. The summed E-state index contributed by atoms with van der Waals surface area (Å²) in [4.78, 5) is 24.7. The molecule has 110 valence electrons. The zero-order chi connectivity index (χ0) is 14.6. The maximum atomic E-state index is 12.3. The highest BCUT2D eigenvalue weighted by Crippen LogP contribution is 2.21. The molecule has 1 rings (SSSR count). The molecule has 2 amide bonds. The Balaban J connectivity index is 2.66. The lowest BCUT2D eigenvalue weighted by Crippen LogP contribution is -2.50. The molecule has 1 fully saturated rings. The highest BCUT2D eigenvalue weighted by molar-refractivity contribution is 5.76. The third-order valence-electron chi connectivity index (χ3n) is 3.06. The Bertz CT molecular complexity index is 347. The predicted octanol–water partition coefficient (Wildman–Crippen LogP) is 1.79. The van der Waals surface area contributed by atoms with Crippen LogP contribution in [0.1, 0.15) is 19.8 Å². The van der Waals surface area contributed by atoms with Gasteiger partial charge in [-0.15, -0.1) is 0 Å². The number of piperidine rings is 1. The molecule has 0 aromatic rings. The number of nitrogens with zero attached hydrogens (tertiary/aromatic N) is 2. The fourth-order valence-electron chi connectivity index (χ4n) is 2.08. The number of hydrogen-bond acceptors (Lipinski definition) is 2. The zero-order valence-corrected chi connectivity index (χ0v) is 10.6. The summed E-state index contributed by atoms with van der Waals surface area (Å²) in [6, 6.07) is -0.745. The minimum Gasteiger partial charge on any atom is -0.481 e. The number of likely N-dealkylation sites (tertiary alicyclic amines) is 1. The normalized spacial score (nSPS) is 20.2. The summed E-state index contributed by atoms with van der Waals surface area (Å²) in [7, 11) is 0. The number of carboxylic acid groups (broad SMARTS) is 1. The molecule has 1 heterocycles. The topological polar surface area (TPSA) is 60.9 Å². The van der Waals surface area contributed by atoms with Gasteiger partial charge in [-0.3, -0.25) is 4.79 Å². The van der Waals surface area contributed by atoms with E-state index in [1.165, 1.54) is 11.8 Å². The number of carbonyl (C=O) groups excluding carboxylic acids is 1. The van der Waals surface area contributed by atoms with Crippen LogP contribution in [0.5, 0.6) is 0 Å².